The fourth-order valence-corrected chi connectivity index (χ4v) is 0.612. The Labute approximate surface area is 61.7 Å². The molecule has 0 fully saturated rings. The van der Waals surface area contributed by atoms with E-state index in [1.54, 1.807) is 0 Å². The van der Waals surface area contributed by atoms with E-state index in [0.29, 0.717) is 0 Å². The number of nitrogens with zero attached hydrogens (tertiary/aromatic N) is 1. The minimum absolute atomic E-state index is 0.0943. The second kappa shape index (κ2) is 4.05. The van der Waals surface area contributed by atoms with Crippen molar-refractivity contribution >= 4 is 22.6 Å². The van der Waals surface area contributed by atoms with Crippen molar-refractivity contribution < 1.29 is 4.92 Å². The van der Waals surface area contributed by atoms with Gasteiger partial charge in [0.15, 0.2) is 0 Å². The van der Waals surface area contributed by atoms with Crippen LogP contribution in [0.1, 0.15) is 13.3 Å². The lowest BCUT2D eigenvalue weighted by atomic mass is 10.3. The molecule has 0 aliphatic rings. The molecule has 0 aromatic carbocycles. The van der Waals surface area contributed by atoms with Gasteiger partial charge in [-0.1, -0.05) is 29.5 Å². The summed E-state index contributed by atoms with van der Waals surface area (Å²) in [6, 6.07) is 0. The van der Waals surface area contributed by atoms with Gasteiger partial charge < -0.3 is 0 Å². The normalized spacial score (nSPS) is 13.2. The first-order valence-corrected chi connectivity index (χ1v) is 3.67. The number of hydrogen-bond acceptors (Lipinski definition) is 2. The third kappa shape index (κ3) is 4.29. The van der Waals surface area contributed by atoms with Crippen molar-refractivity contribution in [2.24, 2.45) is 0 Å². The van der Waals surface area contributed by atoms with Crippen LogP contribution in [0.15, 0.2) is 0 Å². The highest BCUT2D eigenvalue weighted by atomic mass is 127. The summed E-state index contributed by atoms with van der Waals surface area (Å²) < 4.78 is 0.197. The Kier molecular flexibility index (Phi) is 4.12. The first-order valence-electron chi connectivity index (χ1n) is 2.42. The Morgan fingerprint density at radius 1 is 1.88 bits per heavy atom. The van der Waals surface area contributed by atoms with Gasteiger partial charge in [-0.15, -0.1) is 0 Å². The van der Waals surface area contributed by atoms with Crippen LogP contribution in [0, 0.1) is 10.1 Å². The lowest BCUT2D eigenvalue weighted by Crippen LogP contribution is -2.11. The molecule has 0 aliphatic carbocycles. The Morgan fingerprint density at radius 3 is 2.50 bits per heavy atom. The molecule has 0 spiro atoms. The predicted octanol–water partition coefficient (Wildman–Crippen LogP) is 1.48. The predicted molar refractivity (Wildman–Crippen MR) is 40.0 cm³/mol. The van der Waals surface area contributed by atoms with E-state index in [9.17, 15) is 10.1 Å². The van der Waals surface area contributed by atoms with Crippen LogP contribution in [0.25, 0.3) is 0 Å². The number of alkyl halides is 1. The molecule has 3 nitrogen and oxygen atoms in total. The summed E-state index contributed by atoms with van der Waals surface area (Å²) in [4.78, 5) is 9.49. The molecule has 0 radical (unpaired) electrons. The third-order valence-electron chi connectivity index (χ3n) is 0.790. The van der Waals surface area contributed by atoms with Gasteiger partial charge in [-0.25, -0.2) is 0 Å². The van der Waals surface area contributed by atoms with Gasteiger partial charge in [-0.05, 0) is 6.42 Å². The van der Waals surface area contributed by atoms with Crippen molar-refractivity contribution in [3.63, 3.8) is 0 Å². The van der Waals surface area contributed by atoms with E-state index in [1.807, 2.05) is 6.92 Å². The van der Waals surface area contributed by atoms with Crippen LogP contribution < -0.4 is 0 Å². The maximum absolute atomic E-state index is 9.77. The second-order valence-corrected chi connectivity index (χ2v) is 3.28. The minimum atomic E-state index is -0.277. The molecule has 0 saturated heterocycles. The van der Waals surface area contributed by atoms with E-state index in [0.717, 1.165) is 6.42 Å². The van der Waals surface area contributed by atoms with Crippen molar-refractivity contribution in [3.05, 3.63) is 10.1 Å². The summed E-state index contributed by atoms with van der Waals surface area (Å²) in [5, 5.41) is 9.77. The molecule has 0 heterocycles. The second-order valence-electron chi connectivity index (χ2n) is 1.52. The SMILES string of the molecule is CCC(I)C[N+](=O)[O-]. The number of halogens is 1. The van der Waals surface area contributed by atoms with Crippen LogP contribution in [0.2, 0.25) is 0 Å². The first-order chi connectivity index (χ1) is 3.66. The molecule has 0 rings (SSSR count). The quantitative estimate of drug-likeness (QED) is 0.318. The van der Waals surface area contributed by atoms with Crippen molar-refractivity contribution in [2.75, 3.05) is 6.54 Å². The average Bonchev–Trinajstić information content (AvgIpc) is 1.65. The summed E-state index contributed by atoms with van der Waals surface area (Å²) >= 11 is 2.08. The zero-order chi connectivity index (χ0) is 6.57. The van der Waals surface area contributed by atoms with E-state index in [2.05, 4.69) is 22.6 Å². The van der Waals surface area contributed by atoms with E-state index < -0.39 is 0 Å². The van der Waals surface area contributed by atoms with Gasteiger partial charge in [0.2, 0.25) is 6.54 Å². The fraction of sp³-hybridized carbons (Fsp3) is 1.00. The average molecular weight is 229 g/mol. The molecule has 1 unspecified atom stereocenters. The summed E-state index contributed by atoms with van der Waals surface area (Å²) in [7, 11) is 0. The Morgan fingerprint density at radius 2 is 2.38 bits per heavy atom. The van der Waals surface area contributed by atoms with Gasteiger partial charge in [0.25, 0.3) is 0 Å². The van der Waals surface area contributed by atoms with Gasteiger partial charge in [0.1, 0.15) is 0 Å². The number of nitro groups is 1. The van der Waals surface area contributed by atoms with E-state index >= 15 is 0 Å². The topological polar surface area (TPSA) is 43.1 Å². The monoisotopic (exact) mass is 229 g/mol. The number of rotatable bonds is 3. The Bertz CT molecular complexity index is 86.1. The van der Waals surface area contributed by atoms with Gasteiger partial charge in [-0.3, -0.25) is 10.1 Å². The fourth-order valence-electron chi connectivity index (χ4n) is 0.291. The van der Waals surface area contributed by atoms with Crippen LogP contribution in [-0.2, 0) is 0 Å². The molecule has 0 bridgehead atoms. The summed E-state index contributed by atoms with van der Waals surface area (Å²) in [6.45, 7) is 2.04. The maximum atomic E-state index is 9.77. The standard InChI is InChI=1S/C4H8INO2/c1-2-4(5)3-6(7)8/h4H,2-3H2,1H3. The Hall–Kier alpha value is 0.130. The smallest absolute Gasteiger partial charge is 0.215 e. The van der Waals surface area contributed by atoms with E-state index in [-0.39, 0.29) is 15.4 Å². The van der Waals surface area contributed by atoms with Crippen LogP contribution in [-0.4, -0.2) is 15.4 Å². The highest BCUT2D eigenvalue weighted by Crippen LogP contribution is 2.03. The molecule has 8 heavy (non-hydrogen) atoms. The minimum Gasteiger partial charge on any atom is -0.265 e. The van der Waals surface area contributed by atoms with E-state index in [1.165, 1.54) is 0 Å². The lowest BCUT2D eigenvalue weighted by molar-refractivity contribution is -0.478. The molecule has 0 aromatic rings. The summed E-state index contributed by atoms with van der Waals surface area (Å²) in [5.74, 6) is 0. The highest BCUT2D eigenvalue weighted by molar-refractivity contribution is 14.1. The number of hydrogen-bond donors (Lipinski definition) is 0. The Balaban J connectivity index is 3.24. The molecule has 0 saturated carbocycles. The van der Waals surface area contributed by atoms with Gasteiger partial charge in [-0.2, -0.15) is 0 Å². The van der Waals surface area contributed by atoms with Crippen LogP contribution in [0.3, 0.4) is 0 Å². The highest BCUT2D eigenvalue weighted by Gasteiger charge is 2.06. The zero-order valence-corrected chi connectivity index (χ0v) is 6.79. The molecule has 0 aliphatic heterocycles. The molecular formula is C4H8INO2. The van der Waals surface area contributed by atoms with Crippen LogP contribution in [0.4, 0.5) is 0 Å². The van der Waals surface area contributed by atoms with Crippen molar-refractivity contribution in [2.45, 2.75) is 17.3 Å². The molecule has 48 valence electrons. The summed E-state index contributed by atoms with van der Waals surface area (Å²) in [5.41, 5.74) is 0. The van der Waals surface area contributed by atoms with Gasteiger partial charge in [0, 0.05) is 4.92 Å². The summed E-state index contributed by atoms with van der Waals surface area (Å²) in [6.07, 6.45) is 0.877. The lowest BCUT2D eigenvalue weighted by Gasteiger charge is -1.96. The first kappa shape index (κ1) is 8.13. The molecular weight excluding hydrogens is 221 g/mol. The largest absolute Gasteiger partial charge is 0.265 e. The van der Waals surface area contributed by atoms with Crippen molar-refractivity contribution in [1.82, 2.24) is 0 Å². The molecule has 0 N–H and O–H groups in total. The van der Waals surface area contributed by atoms with Gasteiger partial charge in [0.05, 0.1) is 3.92 Å². The van der Waals surface area contributed by atoms with Crippen molar-refractivity contribution in [1.29, 1.82) is 0 Å². The maximum Gasteiger partial charge on any atom is 0.215 e. The van der Waals surface area contributed by atoms with Crippen LogP contribution >= 0.6 is 22.6 Å². The van der Waals surface area contributed by atoms with E-state index in [4.69, 9.17) is 0 Å². The molecule has 0 aromatic heterocycles. The van der Waals surface area contributed by atoms with Crippen molar-refractivity contribution in [3.8, 4) is 0 Å². The van der Waals surface area contributed by atoms with Crippen LogP contribution in [0.5, 0.6) is 0 Å². The zero-order valence-electron chi connectivity index (χ0n) is 4.63. The van der Waals surface area contributed by atoms with Gasteiger partial charge >= 0.3 is 0 Å². The molecule has 0 amide bonds. The third-order valence-corrected chi connectivity index (χ3v) is 2.06. The molecule has 1 atom stereocenters. The molecule has 4 heteroatoms.